The number of carbonyl (C=O) groups excluding carboxylic acids is 1. The largest absolute Gasteiger partial charge is 0.486 e. The maximum absolute atomic E-state index is 12.9. The van der Waals surface area contributed by atoms with Crippen LogP contribution in [0.15, 0.2) is 59.5 Å². The van der Waals surface area contributed by atoms with Crippen LogP contribution in [-0.2, 0) is 4.79 Å². The molecule has 3 aromatic rings. The van der Waals surface area contributed by atoms with E-state index in [-0.39, 0.29) is 22.5 Å². The molecule has 2 aromatic carbocycles. The molecule has 1 aromatic heterocycles. The average Bonchev–Trinajstić information content (AvgIpc) is 2.90. The molecule has 2 aliphatic heterocycles. The molecule has 1 atom stereocenters. The van der Waals surface area contributed by atoms with Crippen molar-refractivity contribution in [1.82, 2.24) is 14.7 Å². The monoisotopic (exact) mass is 495 g/mol. The average molecular weight is 496 g/mol. The van der Waals surface area contributed by atoms with Gasteiger partial charge in [0.05, 0.1) is 23.6 Å². The summed E-state index contributed by atoms with van der Waals surface area (Å²) < 4.78 is 12.4. The lowest BCUT2D eigenvalue weighted by Gasteiger charge is -2.38. The molecule has 35 heavy (non-hydrogen) atoms. The first-order chi connectivity index (χ1) is 17.0. The molecule has 1 N–H and O–H groups in total. The second-order valence-electron chi connectivity index (χ2n) is 8.44. The van der Waals surface area contributed by atoms with Crippen molar-refractivity contribution in [3.8, 4) is 17.2 Å². The normalized spacial score (nSPS) is 16.6. The van der Waals surface area contributed by atoms with Crippen molar-refractivity contribution in [2.45, 2.75) is 13.0 Å². The summed E-state index contributed by atoms with van der Waals surface area (Å²) in [6.45, 7) is 5.44. The third-order valence-electron chi connectivity index (χ3n) is 6.29. The highest BCUT2D eigenvalue weighted by Gasteiger charge is 2.27. The predicted octanol–water partition coefficient (Wildman–Crippen LogP) is 2.81. The first kappa shape index (κ1) is 23.2. The quantitative estimate of drug-likeness (QED) is 0.582. The van der Waals surface area contributed by atoms with E-state index in [1.165, 1.54) is 4.68 Å². The maximum Gasteiger partial charge on any atom is 0.292 e. The molecule has 10 heteroatoms. The molecule has 2 aliphatic rings. The zero-order valence-electron chi connectivity index (χ0n) is 19.3. The fourth-order valence-electron chi connectivity index (χ4n) is 4.28. The molecule has 0 bridgehead atoms. The van der Waals surface area contributed by atoms with E-state index in [2.05, 4.69) is 15.3 Å². The van der Waals surface area contributed by atoms with Crippen LogP contribution in [0.5, 0.6) is 11.5 Å². The summed E-state index contributed by atoms with van der Waals surface area (Å²) in [5, 5.41) is 7.43. The molecule has 0 radical (unpaired) electrons. The minimum Gasteiger partial charge on any atom is -0.486 e. The molecular formula is C25H26ClN5O4. The minimum absolute atomic E-state index is 0.0970. The second kappa shape index (κ2) is 9.97. The number of nitrogens with zero attached hydrogens (tertiary/aromatic N) is 4. The van der Waals surface area contributed by atoms with Crippen LogP contribution in [0.4, 0.5) is 11.4 Å². The van der Waals surface area contributed by atoms with E-state index in [1.807, 2.05) is 36.1 Å². The summed E-state index contributed by atoms with van der Waals surface area (Å²) in [6.07, 6.45) is 1.63. The number of amides is 1. The molecule has 3 heterocycles. The van der Waals surface area contributed by atoms with Crippen LogP contribution in [0.3, 0.4) is 0 Å². The number of nitrogens with one attached hydrogen (secondary N) is 1. The van der Waals surface area contributed by atoms with Crippen LogP contribution in [0.25, 0.3) is 5.69 Å². The summed E-state index contributed by atoms with van der Waals surface area (Å²) in [5.41, 5.74) is 1.58. The number of hydrogen-bond acceptors (Lipinski definition) is 7. The molecular weight excluding hydrogens is 470 g/mol. The number of para-hydroxylation sites is 1. The lowest BCUT2D eigenvalue weighted by atomic mass is 10.2. The van der Waals surface area contributed by atoms with Crippen molar-refractivity contribution >= 4 is 28.9 Å². The van der Waals surface area contributed by atoms with Crippen molar-refractivity contribution in [3.05, 3.63) is 70.1 Å². The number of anilines is 2. The third kappa shape index (κ3) is 4.82. The number of fused-ring (bicyclic) bond motifs is 1. The van der Waals surface area contributed by atoms with E-state index in [4.69, 9.17) is 21.1 Å². The van der Waals surface area contributed by atoms with E-state index in [9.17, 15) is 9.59 Å². The number of benzene rings is 2. The molecule has 9 nitrogen and oxygen atoms in total. The van der Waals surface area contributed by atoms with Gasteiger partial charge in [-0.3, -0.25) is 14.5 Å². The van der Waals surface area contributed by atoms with Gasteiger partial charge in [0, 0.05) is 37.9 Å². The molecule has 1 unspecified atom stereocenters. The minimum atomic E-state index is -0.357. The molecule has 5 rings (SSSR count). The SMILES string of the molecule is CC(C(=O)Nc1ccc2c(c1)OCCO2)N1CCN(c2cnn(-c3ccccc3)c(=O)c2Cl)CC1. The molecule has 182 valence electrons. The number of aromatic nitrogens is 2. The topological polar surface area (TPSA) is 88.9 Å². The molecule has 1 amide bonds. The Bertz CT molecular complexity index is 1270. The Labute approximate surface area is 207 Å². The highest BCUT2D eigenvalue weighted by molar-refractivity contribution is 6.33. The Hall–Kier alpha value is -3.56. The fourth-order valence-corrected chi connectivity index (χ4v) is 4.53. The van der Waals surface area contributed by atoms with Crippen LogP contribution in [0, 0.1) is 0 Å². The maximum atomic E-state index is 12.9. The molecule has 0 saturated carbocycles. The second-order valence-corrected chi connectivity index (χ2v) is 8.82. The van der Waals surface area contributed by atoms with Crippen molar-refractivity contribution in [3.63, 3.8) is 0 Å². The van der Waals surface area contributed by atoms with E-state index in [0.717, 1.165) is 0 Å². The number of carbonyl (C=O) groups is 1. The van der Waals surface area contributed by atoms with Crippen molar-refractivity contribution in [2.75, 3.05) is 49.6 Å². The van der Waals surface area contributed by atoms with Gasteiger partial charge in [-0.05, 0) is 31.2 Å². The molecule has 0 aliphatic carbocycles. The third-order valence-corrected chi connectivity index (χ3v) is 6.65. The fraction of sp³-hybridized carbons (Fsp3) is 0.320. The Morgan fingerprint density at radius 3 is 2.49 bits per heavy atom. The van der Waals surface area contributed by atoms with E-state index in [1.54, 1.807) is 30.5 Å². The van der Waals surface area contributed by atoms with E-state index < -0.39 is 0 Å². The summed E-state index contributed by atoms with van der Waals surface area (Å²) in [5.74, 6) is 1.22. The van der Waals surface area contributed by atoms with E-state index >= 15 is 0 Å². The Morgan fingerprint density at radius 2 is 1.74 bits per heavy atom. The van der Waals surface area contributed by atoms with Gasteiger partial charge in [-0.15, -0.1) is 0 Å². The summed E-state index contributed by atoms with van der Waals surface area (Å²) in [4.78, 5) is 29.9. The Kier molecular flexibility index (Phi) is 6.61. The number of piperazine rings is 1. The van der Waals surface area contributed by atoms with Gasteiger partial charge < -0.3 is 19.7 Å². The van der Waals surface area contributed by atoms with Gasteiger partial charge in [0.25, 0.3) is 5.56 Å². The molecule has 1 saturated heterocycles. The van der Waals surface area contributed by atoms with Gasteiger partial charge in [0.15, 0.2) is 11.5 Å². The van der Waals surface area contributed by atoms with Gasteiger partial charge in [-0.1, -0.05) is 29.8 Å². The highest BCUT2D eigenvalue weighted by Crippen LogP contribution is 2.32. The van der Waals surface area contributed by atoms with Crippen LogP contribution < -0.4 is 25.2 Å². The zero-order chi connectivity index (χ0) is 24.4. The zero-order valence-corrected chi connectivity index (χ0v) is 20.1. The Morgan fingerprint density at radius 1 is 1.03 bits per heavy atom. The number of rotatable bonds is 5. The summed E-state index contributed by atoms with van der Waals surface area (Å²) in [7, 11) is 0. The van der Waals surface area contributed by atoms with Gasteiger partial charge in [0.2, 0.25) is 5.91 Å². The standard InChI is InChI=1S/C25H26ClN5O4/c1-17(24(32)28-18-7-8-21-22(15-18)35-14-13-34-21)29-9-11-30(12-10-29)20-16-27-31(25(33)23(20)26)19-5-3-2-4-6-19/h2-8,15-17H,9-14H2,1H3,(H,28,32). The van der Waals surface area contributed by atoms with Crippen molar-refractivity contribution < 1.29 is 14.3 Å². The predicted molar refractivity (Wildman–Crippen MR) is 134 cm³/mol. The van der Waals surface area contributed by atoms with Gasteiger partial charge in [-0.2, -0.15) is 9.78 Å². The first-order valence-electron chi connectivity index (χ1n) is 11.5. The first-order valence-corrected chi connectivity index (χ1v) is 11.9. The van der Waals surface area contributed by atoms with Crippen LogP contribution >= 0.6 is 11.6 Å². The lowest BCUT2D eigenvalue weighted by Crippen LogP contribution is -2.53. The molecule has 0 spiro atoms. The number of halogens is 1. The summed E-state index contributed by atoms with van der Waals surface area (Å²) >= 11 is 6.46. The summed E-state index contributed by atoms with van der Waals surface area (Å²) in [6, 6.07) is 14.2. The number of hydrogen-bond donors (Lipinski definition) is 1. The van der Waals surface area contributed by atoms with Crippen LogP contribution in [0.2, 0.25) is 5.02 Å². The molecule has 1 fully saturated rings. The lowest BCUT2D eigenvalue weighted by molar-refractivity contribution is -0.120. The van der Waals surface area contributed by atoms with Gasteiger partial charge in [0.1, 0.15) is 18.2 Å². The van der Waals surface area contributed by atoms with E-state index in [0.29, 0.717) is 68.0 Å². The van der Waals surface area contributed by atoms with Gasteiger partial charge >= 0.3 is 0 Å². The van der Waals surface area contributed by atoms with Crippen LogP contribution in [-0.4, -0.2) is 66.0 Å². The van der Waals surface area contributed by atoms with Crippen LogP contribution in [0.1, 0.15) is 6.92 Å². The van der Waals surface area contributed by atoms with Gasteiger partial charge in [-0.25, -0.2) is 0 Å². The number of ether oxygens (including phenoxy) is 2. The van der Waals surface area contributed by atoms with Crippen molar-refractivity contribution in [1.29, 1.82) is 0 Å². The Balaban J connectivity index is 1.21. The van der Waals surface area contributed by atoms with Crippen molar-refractivity contribution in [2.24, 2.45) is 0 Å². The smallest absolute Gasteiger partial charge is 0.292 e. The highest BCUT2D eigenvalue weighted by atomic mass is 35.5.